The molecule has 0 aliphatic carbocycles. The Morgan fingerprint density at radius 1 is 1.20 bits per heavy atom. The van der Waals surface area contributed by atoms with Crippen molar-refractivity contribution in [2.75, 3.05) is 19.6 Å². The van der Waals surface area contributed by atoms with Gasteiger partial charge in [0.2, 0.25) is 0 Å². The molecule has 0 bridgehead atoms. The maximum Gasteiger partial charge on any atom is 0.322 e. The largest absolute Gasteiger partial charge is 0.480 e. The van der Waals surface area contributed by atoms with Gasteiger partial charge >= 0.3 is 5.97 Å². The number of aliphatic carboxylic acids is 1. The SMILES string of the molecule is CC1CN(S(=O)(=O)N2CCCCC2C(=O)O)CC(C)S1. The Balaban J connectivity index is 2.21. The zero-order chi connectivity index (χ0) is 14.9. The standard InChI is InChI=1S/C12H22N2O4S2/c1-9-7-13(8-10(2)19-9)20(17,18)14-6-4-3-5-11(14)12(15)16/h9-11H,3-8H2,1-2H3,(H,15,16). The minimum absolute atomic E-state index is 0.238. The van der Waals surface area contributed by atoms with Crippen LogP contribution in [-0.4, -0.2) is 64.3 Å². The molecule has 0 aromatic rings. The fraction of sp³-hybridized carbons (Fsp3) is 0.917. The van der Waals surface area contributed by atoms with Crippen LogP contribution in [0.25, 0.3) is 0 Å². The summed E-state index contributed by atoms with van der Waals surface area (Å²) in [5, 5.41) is 9.72. The van der Waals surface area contributed by atoms with Crippen LogP contribution in [0.4, 0.5) is 0 Å². The smallest absolute Gasteiger partial charge is 0.322 e. The number of thioether (sulfide) groups is 1. The Kier molecular flexibility index (Phi) is 4.99. The molecule has 2 saturated heterocycles. The van der Waals surface area contributed by atoms with E-state index in [1.165, 1.54) is 8.61 Å². The zero-order valence-electron chi connectivity index (χ0n) is 11.9. The molecule has 0 radical (unpaired) electrons. The monoisotopic (exact) mass is 322 g/mol. The summed E-state index contributed by atoms with van der Waals surface area (Å²) < 4.78 is 28.1. The van der Waals surface area contributed by atoms with Crippen LogP contribution in [0.2, 0.25) is 0 Å². The van der Waals surface area contributed by atoms with Crippen LogP contribution in [0, 0.1) is 0 Å². The van der Waals surface area contributed by atoms with Crippen LogP contribution in [0.15, 0.2) is 0 Å². The fourth-order valence-electron chi connectivity index (χ4n) is 2.90. The van der Waals surface area contributed by atoms with Gasteiger partial charge in [-0.15, -0.1) is 0 Å². The quantitative estimate of drug-likeness (QED) is 0.838. The van der Waals surface area contributed by atoms with Crippen molar-refractivity contribution in [3.8, 4) is 0 Å². The summed E-state index contributed by atoms with van der Waals surface area (Å²) >= 11 is 1.77. The van der Waals surface area contributed by atoms with E-state index in [1.807, 2.05) is 13.8 Å². The van der Waals surface area contributed by atoms with E-state index in [0.29, 0.717) is 26.1 Å². The molecule has 3 unspecified atom stereocenters. The minimum Gasteiger partial charge on any atom is -0.480 e. The van der Waals surface area contributed by atoms with Crippen molar-refractivity contribution < 1.29 is 18.3 Å². The number of carbonyl (C=O) groups is 1. The molecule has 0 amide bonds. The predicted octanol–water partition coefficient (Wildman–Crippen LogP) is 0.996. The molecule has 1 N–H and O–H groups in total. The first-order chi connectivity index (χ1) is 9.32. The molecular weight excluding hydrogens is 300 g/mol. The van der Waals surface area contributed by atoms with Gasteiger partial charge in [0, 0.05) is 30.1 Å². The van der Waals surface area contributed by atoms with Gasteiger partial charge in [-0.3, -0.25) is 4.79 Å². The van der Waals surface area contributed by atoms with Crippen LogP contribution in [0.5, 0.6) is 0 Å². The Morgan fingerprint density at radius 3 is 2.35 bits per heavy atom. The maximum atomic E-state index is 12.7. The highest BCUT2D eigenvalue weighted by atomic mass is 32.2. The predicted molar refractivity (Wildman–Crippen MR) is 79.0 cm³/mol. The molecule has 2 fully saturated rings. The average molecular weight is 322 g/mol. The van der Waals surface area contributed by atoms with Gasteiger partial charge in [-0.1, -0.05) is 13.8 Å². The van der Waals surface area contributed by atoms with Crippen LogP contribution < -0.4 is 0 Å². The third-order valence-corrected chi connectivity index (χ3v) is 6.96. The van der Waals surface area contributed by atoms with E-state index in [9.17, 15) is 18.3 Å². The summed E-state index contributed by atoms with van der Waals surface area (Å²) in [6, 6.07) is -0.908. The van der Waals surface area contributed by atoms with Crippen molar-refractivity contribution in [3.63, 3.8) is 0 Å². The van der Waals surface area contributed by atoms with E-state index >= 15 is 0 Å². The Morgan fingerprint density at radius 2 is 1.80 bits per heavy atom. The number of rotatable bonds is 3. The van der Waals surface area contributed by atoms with Crippen molar-refractivity contribution in [3.05, 3.63) is 0 Å². The number of hydrogen-bond donors (Lipinski definition) is 1. The van der Waals surface area contributed by atoms with Crippen molar-refractivity contribution in [1.82, 2.24) is 8.61 Å². The van der Waals surface area contributed by atoms with Gasteiger partial charge in [0.15, 0.2) is 0 Å². The lowest BCUT2D eigenvalue weighted by Gasteiger charge is -2.40. The number of hydrogen-bond acceptors (Lipinski definition) is 4. The van der Waals surface area contributed by atoms with Crippen molar-refractivity contribution in [2.24, 2.45) is 0 Å². The lowest BCUT2D eigenvalue weighted by atomic mass is 10.1. The molecule has 0 spiro atoms. The summed E-state index contributed by atoms with van der Waals surface area (Å²) in [5.74, 6) is -1.04. The second-order valence-electron chi connectivity index (χ2n) is 5.54. The highest BCUT2D eigenvalue weighted by molar-refractivity contribution is 8.00. The van der Waals surface area contributed by atoms with Crippen LogP contribution in [-0.2, 0) is 15.0 Å². The molecule has 116 valence electrons. The third kappa shape index (κ3) is 3.29. The van der Waals surface area contributed by atoms with Gasteiger partial charge in [0.1, 0.15) is 6.04 Å². The van der Waals surface area contributed by atoms with Gasteiger partial charge in [-0.2, -0.15) is 28.8 Å². The molecule has 8 heteroatoms. The number of piperidine rings is 1. The summed E-state index contributed by atoms with van der Waals surface area (Å²) in [4.78, 5) is 11.3. The lowest BCUT2D eigenvalue weighted by molar-refractivity contribution is -0.142. The molecule has 3 atom stereocenters. The van der Waals surface area contributed by atoms with Gasteiger partial charge in [0.05, 0.1) is 0 Å². The molecule has 2 aliphatic rings. The second-order valence-corrected chi connectivity index (χ2v) is 9.31. The molecule has 6 nitrogen and oxygen atoms in total. The van der Waals surface area contributed by atoms with Gasteiger partial charge in [-0.25, -0.2) is 0 Å². The molecule has 20 heavy (non-hydrogen) atoms. The van der Waals surface area contributed by atoms with E-state index in [-0.39, 0.29) is 10.5 Å². The Bertz CT molecular complexity index is 458. The molecular formula is C12H22N2O4S2. The number of carboxylic acids is 1. The van der Waals surface area contributed by atoms with Crippen molar-refractivity contribution >= 4 is 27.9 Å². The maximum absolute atomic E-state index is 12.7. The molecule has 0 aromatic carbocycles. The zero-order valence-corrected chi connectivity index (χ0v) is 13.5. The molecule has 0 aromatic heterocycles. The summed E-state index contributed by atoms with van der Waals surface area (Å²) in [6.07, 6.45) is 1.91. The fourth-order valence-corrected chi connectivity index (χ4v) is 6.41. The van der Waals surface area contributed by atoms with E-state index in [2.05, 4.69) is 0 Å². The Labute approximate surface area is 124 Å². The van der Waals surface area contributed by atoms with Crippen molar-refractivity contribution in [1.29, 1.82) is 0 Å². The normalized spacial score (nSPS) is 34.0. The van der Waals surface area contributed by atoms with Gasteiger partial charge < -0.3 is 5.11 Å². The minimum atomic E-state index is -3.67. The topological polar surface area (TPSA) is 77.9 Å². The third-order valence-electron chi connectivity index (χ3n) is 3.75. The highest BCUT2D eigenvalue weighted by Gasteiger charge is 2.41. The van der Waals surface area contributed by atoms with Crippen LogP contribution in [0.3, 0.4) is 0 Å². The summed E-state index contributed by atoms with van der Waals surface area (Å²) in [5.41, 5.74) is 0. The van der Waals surface area contributed by atoms with E-state index in [0.717, 1.165) is 12.8 Å². The van der Waals surface area contributed by atoms with Crippen molar-refractivity contribution in [2.45, 2.75) is 49.7 Å². The molecule has 2 rings (SSSR count). The van der Waals surface area contributed by atoms with E-state index in [1.54, 1.807) is 11.8 Å². The number of nitrogens with zero attached hydrogens (tertiary/aromatic N) is 2. The lowest BCUT2D eigenvalue weighted by Crippen LogP contribution is -2.56. The van der Waals surface area contributed by atoms with E-state index < -0.39 is 22.2 Å². The Hall–Kier alpha value is -0.310. The first-order valence-electron chi connectivity index (χ1n) is 6.97. The first kappa shape index (κ1) is 16.1. The summed E-state index contributed by atoms with van der Waals surface area (Å²) in [6.45, 7) is 5.24. The highest BCUT2D eigenvalue weighted by Crippen LogP contribution is 2.30. The van der Waals surface area contributed by atoms with E-state index in [4.69, 9.17) is 0 Å². The second kappa shape index (κ2) is 6.21. The molecule has 2 aliphatic heterocycles. The van der Waals surface area contributed by atoms with Gasteiger partial charge in [-0.05, 0) is 19.3 Å². The van der Waals surface area contributed by atoms with Crippen LogP contribution in [0.1, 0.15) is 33.1 Å². The van der Waals surface area contributed by atoms with Crippen LogP contribution >= 0.6 is 11.8 Å². The summed E-state index contributed by atoms with van der Waals surface area (Å²) in [7, 11) is -3.67. The molecule has 2 heterocycles. The van der Waals surface area contributed by atoms with Gasteiger partial charge in [0.25, 0.3) is 10.2 Å². The number of carboxylic acid groups (broad SMARTS) is 1. The first-order valence-corrected chi connectivity index (χ1v) is 9.31. The molecule has 0 saturated carbocycles. The average Bonchev–Trinajstić information content (AvgIpc) is 2.37.